The van der Waals surface area contributed by atoms with Gasteiger partial charge < -0.3 is 10.2 Å². The average Bonchev–Trinajstić information content (AvgIpc) is 2.87. The van der Waals surface area contributed by atoms with Gasteiger partial charge in [-0.2, -0.15) is 5.10 Å². The van der Waals surface area contributed by atoms with Crippen LogP contribution in [0.2, 0.25) is 0 Å². The Bertz CT molecular complexity index is 653. The minimum Gasteiger partial charge on any atom is -0.443 e. The Balaban J connectivity index is 2.33. The fourth-order valence-electron chi connectivity index (χ4n) is 1.75. The van der Waals surface area contributed by atoms with E-state index in [1.165, 1.54) is 6.39 Å². The van der Waals surface area contributed by atoms with Gasteiger partial charge in [0.05, 0.1) is 6.20 Å². The highest BCUT2D eigenvalue weighted by molar-refractivity contribution is 5.92. The van der Waals surface area contributed by atoms with Gasteiger partial charge in [0.15, 0.2) is 12.0 Å². The number of oxazole rings is 1. The molecule has 2 aromatic heterocycles. The van der Waals surface area contributed by atoms with Gasteiger partial charge >= 0.3 is 0 Å². The number of para-hydroxylation sites is 1. The number of hydrogen-bond donors (Lipinski definition) is 1. The topological polar surface area (TPSA) is 69.9 Å². The number of benzene rings is 1. The molecule has 0 amide bonds. The number of hydrogen-bond acceptors (Lipinski definition) is 4. The van der Waals surface area contributed by atoms with Gasteiger partial charge in [0, 0.05) is 18.2 Å². The van der Waals surface area contributed by atoms with Gasteiger partial charge in [0.25, 0.3) is 0 Å². The van der Waals surface area contributed by atoms with Crippen molar-refractivity contribution in [3.05, 3.63) is 30.8 Å². The minimum absolute atomic E-state index is 0.615. The Labute approximate surface area is 91.5 Å². The van der Waals surface area contributed by atoms with Crippen molar-refractivity contribution in [3.63, 3.8) is 0 Å². The Hall–Kier alpha value is -2.30. The normalized spacial score (nSPS) is 11.1. The molecule has 2 heterocycles. The van der Waals surface area contributed by atoms with E-state index in [1.54, 1.807) is 17.9 Å². The maximum absolute atomic E-state index is 5.93. The number of nitrogens with two attached hydrogens (primary N) is 1. The lowest BCUT2D eigenvalue weighted by Crippen LogP contribution is -1.98. The number of fused-ring (bicyclic) bond motifs is 1. The maximum Gasteiger partial charge on any atom is 0.182 e. The second-order valence-corrected chi connectivity index (χ2v) is 3.57. The molecule has 0 atom stereocenters. The average molecular weight is 214 g/mol. The lowest BCUT2D eigenvalue weighted by Gasteiger charge is -2.00. The summed E-state index contributed by atoms with van der Waals surface area (Å²) in [6.07, 6.45) is 3.16. The highest BCUT2D eigenvalue weighted by Gasteiger charge is 2.12. The standard InChI is InChI=1S/C11H10N4O/c1-15-11(12)8(5-14-15)7-3-2-4-9-10(7)16-6-13-9/h2-6H,12H2,1H3. The predicted octanol–water partition coefficient (Wildman–Crippen LogP) is 1.81. The van der Waals surface area contributed by atoms with Crippen LogP contribution in [0.1, 0.15) is 0 Å². The molecule has 16 heavy (non-hydrogen) atoms. The van der Waals surface area contributed by atoms with Gasteiger partial charge in [0.2, 0.25) is 0 Å². The number of aromatic nitrogens is 3. The van der Waals surface area contributed by atoms with Crippen LogP contribution in [-0.4, -0.2) is 14.8 Å². The summed E-state index contributed by atoms with van der Waals surface area (Å²) >= 11 is 0. The van der Waals surface area contributed by atoms with Gasteiger partial charge in [-0.05, 0) is 6.07 Å². The molecule has 3 aromatic rings. The van der Waals surface area contributed by atoms with E-state index in [4.69, 9.17) is 10.2 Å². The summed E-state index contributed by atoms with van der Waals surface area (Å²) in [4.78, 5) is 4.11. The first kappa shape index (κ1) is 8.96. The lowest BCUT2D eigenvalue weighted by atomic mass is 10.1. The Morgan fingerprint density at radius 3 is 2.94 bits per heavy atom. The van der Waals surface area contributed by atoms with Crippen LogP contribution in [0.4, 0.5) is 5.82 Å². The molecule has 0 aliphatic carbocycles. The van der Waals surface area contributed by atoms with Crippen molar-refractivity contribution in [2.75, 3.05) is 5.73 Å². The molecule has 5 nitrogen and oxygen atoms in total. The summed E-state index contributed by atoms with van der Waals surface area (Å²) in [6.45, 7) is 0. The first-order valence-corrected chi connectivity index (χ1v) is 4.87. The lowest BCUT2D eigenvalue weighted by molar-refractivity contribution is 0.603. The van der Waals surface area contributed by atoms with Crippen molar-refractivity contribution in [3.8, 4) is 11.1 Å². The van der Waals surface area contributed by atoms with E-state index in [-0.39, 0.29) is 0 Å². The zero-order valence-electron chi connectivity index (χ0n) is 8.71. The Morgan fingerprint density at radius 1 is 1.31 bits per heavy atom. The van der Waals surface area contributed by atoms with Crippen LogP contribution in [0.25, 0.3) is 22.2 Å². The number of aryl methyl sites for hydroxylation is 1. The second-order valence-electron chi connectivity index (χ2n) is 3.57. The maximum atomic E-state index is 5.93. The highest BCUT2D eigenvalue weighted by Crippen LogP contribution is 2.31. The van der Waals surface area contributed by atoms with Gasteiger partial charge in [-0.1, -0.05) is 12.1 Å². The smallest absolute Gasteiger partial charge is 0.182 e. The molecule has 0 saturated heterocycles. The zero-order chi connectivity index (χ0) is 11.1. The summed E-state index contributed by atoms with van der Waals surface area (Å²) in [5, 5.41) is 4.11. The zero-order valence-corrected chi connectivity index (χ0v) is 8.71. The molecule has 0 radical (unpaired) electrons. The monoisotopic (exact) mass is 214 g/mol. The largest absolute Gasteiger partial charge is 0.443 e. The summed E-state index contributed by atoms with van der Waals surface area (Å²) < 4.78 is 6.99. The van der Waals surface area contributed by atoms with Gasteiger partial charge in [-0.25, -0.2) is 4.98 Å². The van der Waals surface area contributed by atoms with Crippen molar-refractivity contribution in [1.82, 2.24) is 14.8 Å². The van der Waals surface area contributed by atoms with Crippen LogP contribution in [0.3, 0.4) is 0 Å². The van der Waals surface area contributed by atoms with Crippen molar-refractivity contribution in [1.29, 1.82) is 0 Å². The molecular formula is C11H10N4O. The van der Waals surface area contributed by atoms with Gasteiger partial charge in [0.1, 0.15) is 11.3 Å². The van der Waals surface area contributed by atoms with E-state index in [0.29, 0.717) is 5.82 Å². The minimum atomic E-state index is 0.615. The molecule has 5 heteroatoms. The van der Waals surface area contributed by atoms with Crippen molar-refractivity contribution in [2.45, 2.75) is 0 Å². The number of nitrogen functional groups attached to an aromatic ring is 1. The molecule has 0 fully saturated rings. The first-order chi connectivity index (χ1) is 7.77. The SMILES string of the molecule is Cn1ncc(-c2cccc3ncoc23)c1N. The first-order valence-electron chi connectivity index (χ1n) is 4.87. The van der Waals surface area contributed by atoms with E-state index in [9.17, 15) is 0 Å². The number of nitrogens with zero attached hydrogens (tertiary/aromatic N) is 3. The molecule has 0 spiro atoms. The predicted molar refractivity (Wildman–Crippen MR) is 60.6 cm³/mol. The van der Waals surface area contributed by atoms with E-state index >= 15 is 0 Å². The Kier molecular flexibility index (Phi) is 1.73. The highest BCUT2D eigenvalue weighted by atomic mass is 16.3. The number of rotatable bonds is 1. The van der Waals surface area contributed by atoms with E-state index in [1.807, 2.05) is 18.2 Å². The number of anilines is 1. The van der Waals surface area contributed by atoms with Crippen LogP contribution >= 0.6 is 0 Å². The van der Waals surface area contributed by atoms with Crippen LogP contribution in [0.5, 0.6) is 0 Å². The molecule has 0 aliphatic heterocycles. The quantitative estimate of drug-likeness (QED) is 0.670. The third-order valence-electron chi connectivity index (χ3n) is 2.63. The van der Waals surface area contributed by atoms with Crippen molar-refractivity contribution >= 4 is 16.9 Å². The summed E-state index contributed by atoms with van der Waals surface area (Å²) in [5.41, 5.74) is 9.27. The van der Waals surface area contributed by atoms with Gasteiger partial charge in [-0.15, -0.1) is 0 Å². The molecule has 0 bridgehead atoms. The Morgan fingerprint density at radius 2 is 2.19 bits per heavy atom. The van der Waals surface area contributed by atoms with E-state index in [2.05, 4.69) is 10.1 Å². The summed E-state index contributed by atoms with van der Waals surface area (Å²) in [5.74, 6) is 0.615. The van der Waals surface area contributed by atoms with Crippen LogP contribution in [-0.2, 0) is 7.05 Å². The molecule has 80 valence electrons. The molecule has 3 rings (SSSR count). The van der Waals surface area contributed by atoms with Gasteiger partial charge in [-0.3, -0.25) is 4.68 Å². The molecule has 0 saturated carbocycles. The third kappa shape index (κ3) is 1.11. The molecule has 0 aliphatic rings. The fourth-order valence-corrected chi connectivity index (χ4v) is 1.75. The molecule has 2 N–H and O–H groups in total. The summed E-state index contributed by atoms with van der Waals surface area (Å²) in [6, 6.07) is 5.77. The molecular weight excluding hydrogens is 204 g/mol. The van der Waals surface area contributed by atoms with Crippen LogP contribution in [0.15, 0.2) is 35.2 Å². The van der Waals surface area contributed by atoms with Crippen LogP contribution < -0.4 is 5.73 Å². The molecule has 0 unspecified atom stereocenters. The second kappa shape index (κ2) is 3.10. The van der Waals surface area contributed by atoms with E-state index < -0.39 is 0 Å². The van der Waals surface area contributed by atoms with Crippen molar-refractivity contribution in [2.24, 2.45) is 7.05 Å². The summed E-state index contributed by atoms with van der Waals surface area (Å²) in [7, 11) is 1.80. The van der Waals surface area contributed by atoms with E-state index in [0.717, 1.165) is 22.2 Å². The fraction of sp³-hybridized carbons (Fsp3) is 0.0909. The van der Waals surface area contributed by atoms with Crippen molar-refractivity contribution < 1.29 is 4.42 Å². The third-order valence-corrected chi connectivity index (χ3v) is 2.63. The van der Waals surface area contributed by atoms with Crippen LogP contribution in [0, 0.1) is 0 Å². The molecule has 1 aromatic carbocycles.